The Morgan fingerprint density at radius 3 is 1.93 bits per heavy atom. The minimum absolute atomic E-state index is 0.394. The van der Waals surface area contributed by atoms with Gasteiger partial charge in [0.05, 0.1) is 6.54 Å². The average Bonchev–Trinajstić information content (AvgIpc) is 3.81. The SMILES string of the molecule is N/C(=N\C(=N/Cc1cccc2oc3ccc(-c4ccc5oc6c7ccccc7ccc6c5c4)cc3c12)c1ccccc1)c1ccc(-c2ccccc2)cc1. The van der Waals surface area contributed by atoms with Crippen LogP contribution in [-0.4, -0.2) is 11.7 Å². The number of amidine groups is 2. The summed E-state index contributed by atoms with van der Waals surface area (Å²) in [7, 11) is 0. The van der Waals surface area contributed by atoms with Gasteiger partial charge < -0.3 is 14.6 Å². The Morgan fingerprint density at radius 2 is 1.13 bits per heavy atom. The normalized spacial score (nSPS) is 12.4. The second-order valence-electron chi connectivity index (χ2n) is 13.5. The van der Waals surface area contributed by atoms with Crippen LogP contribution in [0, 0.1) is 0 Å². The third-order valence-electron chi connectivity index (χ3n) is 10.2. The molecule has 10 rings (SSSR count). The summed E-state index contributed by atoms with van der Waals surface area (Å²) in [4.78, 5) is 9.98. The number of benzene rings is 8. The van der Waals surface area contributed by atoms with Crippen LogP contribution in [0.15, 0.2) is 195 Å². The Labute approximate surface area is 311 Å². The summed E-state index contributed by atoms with van der Waals surface area (Å²) < 4.78 is 12.8. The molecule has 54 heavy (non-hydrogen) atoms. The highest BCUT2D eigenvalue weighted by atomic mass is 16.3. The van der Waals surface area contributed by atoms with E-state index in [2.05, 4.69) is 103 Å². The van der Waals surface area contributed by atoms with E-state index in [0.29, 0.717) is 18.2 Å². The van der Waals surface area contributed by atoms with Crippen molar-refractivity contribution in [2.24, 2.45) is 15.7 Å². The van der Waals surface area contributed by atoms with Gasteiger partial charge in [-0.25, -0.2) is 4.99 Å². The van der Waals surface area contributed by atoms with Crippen LogP contribution in [0.25, 0.3) is 76.9 Å². The van der Waals surface area contributed by atoms with Gasteiger partial charge in [-0.1, -0.05) is 140 Å². The second-order valence-corrected chi connectivity index (χ2v) is 13.5. The molecular weight excluding hydrogens is 663 g/mol. The van der Waals surface area contributed by atoms with Crippen LogP contribution >= 0.6 is 0 Å². The van der Waals surface area contributed by atoms with E-state index >= 15 is 0 Å². The van der Waals surface area contributed by atoms with Gasteiger partial charge in [-0.05, 0) is 69.6 Å². The van der Waals surface area contributed by atoms with Gasteiger partial charge in [-0.15, -0.1) is 0 Å². The number of rotatable bonds is 6. The summed E-state index contributed by atoms with van der Waals surface area (Å²) in [6.45, 7) is 0.394. The van der Waals surface area contributed by atoms with Gasteiger partial charge in [-0.3, -0.25) is 4.99 Å². The summed E-state index contributed by atoms with van der Waals surface area (Å²) >= 11 is 0. The summed E-state index contributed by atoms with van der Waals surface area (Å²) in [6, 6.07) is 60.1. The van der Waals surface area contributed by atoms with Crippen LogP contribution in [0.5, 0.6) is 0 Å². The lowest BCUT2D eigenvalue weighted by molar-refractivity contribution is 0.668. The van der Waals surface area contributed by atoms with E-state index in [4.69, 9.17) is 24.6 Å². The van der Waals surface area contributed by atoms with Crippen molar-refractivity contribution < 1.29 is 8.83 Å². The molecule has 0 aliphatic heterocycles. The Morgan fingerprint density at radius 1 is 0.463 bits per heavy atom. The molecule has 2 heterocycles. The second kappa shape index (κ2) is 13.1. The zero-order valence-corrected chi connectivity index (χ0v) is 29.2. The lowest BCUT2D eigenvalue weighted by Crippen LogP contribution is -2.16. The monoisotopic (exact) mass is 695 g/mol. The molecule has 0 aliphatic carbocycles. The molecule has 0 radical (unpaired) electrons. The molecule has 256 valence electrons. The van der Waals surface area contributed by atoms with Crippen molar-refractivity contribution in [3.63, 3.8) is 0 Å². The molecule has 0 saturated heterocycles. The van der Waals surface area contributed by atoms with Gasteiger partial charge >= 0.3 is 0 Å². The first-order valence-electron chi connectivity index (χ1n) is 18.0. The molecule has 10 aromatic rings. The van der Waals surface area contributed by atoms with Crippen LogP contribution in [0.4, 0.5) is 0 Å². The fourth-order valence-corrected chi connectivity index (χ4v) is 7.48. The van der Waals surface area contributed by atoms with Gasteiger partial charge in [0, 0.05) is 38.1 Å². The van der Waals surface area contributed by atoms with E-state index < -0.39 is 0 Å². The molecule has 8 aromatic carbocycles. The first kappa shape index (κ1) is 31.5. The van der Waals surface area contributed by atoms with E-state index in [0.717, 1.165) is 88.2 Å². The number of hydrogen-bond acceptors (Lipinski definition) is 3. The van der Waals surface area contributed by atoms with E-state index in [1.807, 2.05) is 72.8 Å². The first-order valence-corrected chi connectivity index (χ1v) is 18.0. The summed E-state index contributed by atoms with van der Waals surface area (Å²) in [6.07, 6.45) is 0. The van der Waals surface area contributed by atoms with Crippen LogP contribution in [-0.2, 0) is 6.54 Å². The molecule has 0 fully saturated rings. The van der Waals surface area contributed by atoms with Crippen molar-refractivity contribution in [2.75, 3.05) is 0 Å². The minimum atomic E-state index is 0.394. The minimum Gasteiger partial charge on any atom is -0.456 e. The van der Waals surface area contributed by atoms with Crippen LogP contribution in [0.2, 0.25) is 0 Å². The van der Waals surface area contributed by atoms with E-state index in [9.17, 15) is 0 Å². The lowest BCUT2D eigenvalue weighted by atomic mass is 9.99. The van der Waals surface area contributed by atoms with Crippen molar-refractivity contribution >= 4 is 66.3 Å². The van der Waals surface area contributed by atoms with Gasteiger partial charge in [0.15, 0.2) is 5.84 Å². The highest BCUT2D eigenvalue weighted by Gasteiger charge is 2.15. The molecule has 5 heteroatoms. The van der Waals surface area contributed by atoms with Crippen LogP contribution in [0.1, 0.15) is 16.7 Å². The number of nitrogens with two attached hydrogens (primary N) is 1. The van der Waals surface area contributed by atoms with Gasteiger partial charge in [0.1, 0.15) is 28.2 Å². The third-order valence-corrected chi connectivity index (χ3v) is 10.2. The first-order chi connectivity index (χ1) is 26.7. The van der Waals surface area contributed by atoms with Crippen molar-refractivity contribution in [3.05, 3.63) is 193 Å². The number of fused-ring (bicyclic) bond motifs is 8. The molecule has 0 atom stereocenters. The Bertz CT molecular complexity index is 3060. The van der Waals surface area contributed by atoms with Gasteiger partial charge in [-0.2, -0.15) is 0 Å². The molecule has 0 saturated carbocycles. The van der Waals surface area contributed by atoms with Crippen LogP contribution < -0.4 is 5.73 Å². The number of nitrogens with zero attached hydrogens (tertiary/aromatic N) is 2. The highest BCUT2D eigenvalue weighted by Crippen LogP contribution is 2.38. The van der Waals surface area contributed by atoms with E-state index in [1.54, 1.807) is 0 Å². The molecule has 0 aliphatic rings. The predicted octanol–water partition coefficient (Wildman–Crippen LogP) is 12.3. The Balaban J connectivity index is 1.02. The van der Waals surface area contributed by atoms with Crippen LogP contribution in [0.3, 0.4) is 0 Å². The molecule has 2 N–H and O–H groups in total. The Kier molecular flexibility index (Phi) is 7.62. The molecule has 0 spiro atoms. The predicted molar refractivity (Wildman–Crippen MR) is 223 cm³/mol. The molecule has 2 aromatic heterocycles. The van der Waals surface area contributed by atoms with Crippen molar-refractivity contribution in [2.45, 2.75) is 6.54 Å². The molecule has 0 unspecified atom stereocenters. The van der Waals surface area contributed by atoms with E-state index in [-0.39, 0.29) is 0 Å². The zero-order valence-electron chi connectivity index (χ0n) is 29.2. The quantitative estimate of drug-likeness (QED) is 0.139. The fourth-order valence-electron chi connectivity index (χ4n) is 7.48. The zero-order chi connectivity index (χ0) is 36.0. The smallest absolute Gasteiger partial charge is 0.157 e. The van der Waals surface area contributed by atoms with E-state index in [1.165, 1.54) is 5.39 Å². The topological polar surface area (TPSA) is 77.0 Å². The summed E-state index contributed by atoms with van der Waals surface area (Å²) in [5, 5.41) is 6.58. The summed E-state index contributed by atoms with van der Waals surface area (Å²) in [5.41, 5.74) is 17.3. The van der Waals surface area contributed by atoms with Gasteiger partial charge in [0.25, 0.3) is 0 Å². The standard InChI is InChI=1S/C49H33N3O2/c50-48(34-20-18-32(19-21-34)31-10-3-1-4-11-31)52-49(35-13-5-2-6-14-35)51-30-38-15-9-17-45-46(38)42-29-37(24-27-44(42)53-45)36-23-26-43-41(28-36)40-25-22-33-12-7-8-16-39(33)47(40)54-43/h1-29H,30H2,(H2,50,51,52). The Hall–Kier alpha value is -7.24. The molecular formula is C49H33N3O2. The maximum atomic E-state index is 6.64. The molecule has 5 nitrogen and oxygen atoms in total. The number of hydrogen-bond donors (Lipinski definition) is 1. The molecule has 0 bridgehead atoms. The summed E-state index contributed by atoms with van der Waals surface area (Å²) in [5.74, 6) is 0.975. The largest absolute Gasteiger partial charge is 0.456 e. The lowest BCUT2D eigenvalue weighted by Gasteiger charge is -2.08. The number of aliphatic imine (C=N–C) groups is 2. The number of furan rings is 2. The maximum Gasteiger partial charge on any atom is 0.157 e. The third kappa shape index (κ3) is 5.60. The van der Waals surface area contributed by atoms with Crippen molar-refractivity contribution in [3.8, 4) is 22.3 Å². The molecule has 0 amide bonds. The highest BCUT2D eigenvalue weighted by molar-refractivity contribution is 6.16. The average molecular weight is 696 g/mol. The van der Waals surface area contributed by atoms with Gasteiger partial charge in [0.2, 0.25) is 0 Å². The fraction of sp³-hybridized carbons (Fsp3) is 0.0204. The van der Waals surface area contributed by atoms with Crippen molar-refractivity contribution in [1.82, 2.24) is 0 Å². The van der Waals surface area contributed by atoms with Crippen molar-refractivity contribution in [1.29, 1.82) is 0 Å². The maximum absolute atomic E-state index is 6.64.